The number of carbonyl (C=O) groups is 4. The molecule has 15 N–H and O–H groups in total. The lowest BCUT2D eigenvalue weighted by molar-refractivity contribution is -0.148. The van der Waals surface area contributed by atoms with Gasteiger partial charge in [-0.05, 0) is 19.3 Å². The van der Waals surface area contributed by atoms with E-state index in [-0.39, 0.29) is 277 Å². The summed E-state index contributed by atoms with van der Waals surface area (Å²) < 4.78 is 91.4. The summed E-state index contributed by atoms with van der Waals surface area (Å²) in [5, 5.41) is 102. The number of hydrogen-bond acceptors (Lipinski definition) is 30. The summed E-state index contributed by atoms with van der Waals surface area (Å²) in [6, 6.07) is 0. The van der Waals surface area contributed by atoms with Crippen LogP contribution in [0.4, 0.5) is 0 Å². The van der Waals surface area contributed by atoms with Gasteiger partial charge in [-0.15, -0.1) is 0 Å². The van der Waals surface area contributed by atoms with Crippen LogP contribution in [0.5, 0.6) is 0 Å². The summed E-state index contributed by atoms with van der Waals surface area (Å²) in [5.41, 5.74) is 4.02. The van der Waals surface area contributed by atoms with Crippen LogP contribution in [-0.2, 0) is 95.0 Å². The van der Waals surface area contributed by atoms with Gasteiger partial charge in [0.2, 0.25) is 23.6 Å². The zero-order chi connectivity index (χ0) is 73.0. The number of amides is 4. The normalized spacial score (nSPS) is 26.1. The lowest BCUT2D eigenvalue weighted by atomic mass is 9.77. The second-order valence-electron chi connectivity index (χ2n) is 25.2. The Balaban J connectivity index is 1.49. The van der Waals surface area contributed by atoms with E-state index in [0.29, 0.717) is 58.8 Å². The van der Waals surface area contributed by atoms with E-state index in [4.69, 9.17) is 81.5 Å². The molecule has 100 heavy (non-hydrogen) atoms. The molecule has 0 spiro atoms. The van der Waals surface area contributed by atoms with E-state index in [2.05, 4.69) is 21.3 Å². The number of carbonyl (C=O) groups excluding carboxylic acids is 4. The van der Waals surface area contributed by atoms with Crippen molar-refractivity contribution in [2.75, 3.05) is 238 Å². The third-order valence-electron chi connectivity index (χ3n) is 17.5. The van der Waals surface area contributed by atoms with Crippen molar-refractivity contribution in [3.63, 3.8) is 0 Å². The molecule has 0 radical (unpaired) electrons. The fourth-order valence-corrected chi connectivity index (χ4v) is 11.3. The van der Waals surface area contributed by atoms with Gasteiger partial charge in [0.1, 0.15) is 5.54 Å². The zero-order valence-electron chi connectivity index (χ0n) is 59.3. The molecule has 34 nitrogen and oxygen atoms in total. The van der Waals surface area contributed by atoms with Gasteiger partial charge in [-0.1, -0.05) is 20.8 Å². The molecule has 588 valence electrons. The van der Waals surface area contributed by atoms with E-state index < -0.39 is 65.8 Å². The monoisotopic (exact) mass is 1450 g/mol. The number of hydrogen-bond donors (Lipinski definition) is 14. The molecule has 15 atom stereocenters. The number of nitrogens with two attached hydrogens (primary N) is 1. The van der Waals surface area contributed by atoms with Gasteiger partial charge >= 0.3 is 0 Å². The predicted octanol–water partition coefficient (Wildman–Crippen LogP) is -4.81. The Labute approximate surface area is 589 Å². The molecule has 0 saturated heterocycles. The first-order valence-corrected chi connectivity index (χ1v) is 35.5. The Bertz CT molecular complexity index is 1870. The quantitative estimate of drug-likeness (QED) is 0.0254. The minimum Gasteiger partial charge on any atom is -0.396 e. The second kappa shape index (κ2) is 57.1. The second-order valence-corrected chi connectivity index (χ2v) is 25.2. The minimum atomic E-state index is -1.40. The zero-order valence-corrected chi connectivity index (χ0v) is 59.3. The van der Waals surface area contributed by atoms with Crippen LogP contribution in [0.15, 0.2) is 0 Å². The van der Waals surface area contributed by atoms with Crippen molar-refractivity contribution in [3.05, 3.63) is 0 Å². The molecule has 3 aliphatic carbocycles. The van der Waals surface area contributed by atoms with Gasteiger partial charge in [0.25, 0.3) is 0 Å². The van der Waals surface area contributed by atoms with Gasteiger partial charge in [-0.25, -0.2) is 0 Å². The molecule has 4 amide bonds. The van der Waals surface area contributed by atoms with Crippen LogP contribution < -0.4 is 27.0 Å². The van der Waals surface area contributed by atoms with Gasteiger partial charge in [0, 0.05) is 107 Å². The lowest BCUT2D eigenvalue weighted by Crippen LogP contribution is -2.59. The molecule has 0 bridgehead atoms. The number of ether oxygens (including phenoxy) is 16. The summed E-state index contributed by atoms with van der Waals surface area (Å²) in [6.45, 7) is 10.8. The van der Waals surface area contributed by atoms with Crippen molar-refractivity contribution in [1.82, 2.24) is 21.3 Å². The topological polar surface area (TPSA) is 472 Å². The maximum atomic E-state index is 13.7. The molecule has 0 aromatic carbocycles. The maximum absolute atomic E-state index is 13.7. The predicted molar refractivity (Wildman–Crippen MR) is 356 cm³/mol. The third-order valence-corrected chi connectivity index (χ3v) is 17.5. The van der Waals surface area contributed by atoms with E-state index in [1.165, 1.54) is 0 Å². The van der Waals surface area contributed by atoms with E-state index in [9.17, 15) is 65.1 Å². The molecule has 3 saturated carbocycles. The SMILES string of the molecule is CC1C(OCCOCCOCCNC(=O)CCOCC(COCCC(=O)NCCOCCOCCOC2CC(CO)C(O)C(O)C2C)(COCCC(=O)NCCOCCOCCOC2CC(CO)C(O)C(O)C2C)NC(=O)CCOCCOCCOCCOCCN)CC(CO)C(O)C1O. The average molecular weight is 1450 g/mol. The van der Waals surface area contributed by atoms with Gasteiger partial charge in [-0.3, -0.25) is 19.2 Å². The van der Waals surface area contributed by atoms with Crippen LogP contribution in [0, 0.1) is 35.5 Å². The third kappa shape index (κ3) is 39.3. The number of rotatable bonds is 63. The molecule has 0 aromatic rings. The molecule has 3 fully saturated rings. The summed E-state index contributed by atoms with van der Waals surface area (Å²) in [5.74, 6) is -3.81. The highest BCUT2D eigenvalue weighted by Crippen LogP contribution is 2.34. The van der Waals surface area contributed by atoms with Crippen LogP contribution in [0.1, 0.15) is 65.7 Å². The van der Waals surface area contributed by atoms with Crippen molar-refractivity contribution in [1.29, 1.82) is 0 Å². The Morgan fingerprint density at radius 1 is 0.330 bits per heavy atom. The molecule has 0 aromatic heterocycles. The molecule has 0 heterocycles. The number of aliphatic hydroxyl groups is 9. The fraction of sp³-hybridized carbons (Fsp3) is 0.939. The summed E-state index contributed by atoms with van der Waals surface area (Å²) in [4.78, 5) is 52.5. The van der Waals surface area contributed by atoms with Gasteiger partial charge in [-0.2, -0.15) is 0 Å². The van der Waals surface area contributed by atoms with Crippen LogP contribution in [0.3, 0.4) is 0 Å². The summed E-state index contributed by atoms with van der Waals surface area (Å²) >= 11 is 0. The van der Waals surface area contributed by atoms with Crippen molar-refractivity contribution in [2.45, 2.75) is 126 Å². The van der Waals surface area contributed by atoms with Gasteiger partial charge in [0.15, 0.2) is 0 Å². The van der Waals surface area contributed by atoms with Crippen molar-refractivity contribution >= 4 is 23.6 Å². The first-order chi connectivity index (χ1) is 48.4. The standard InChI is InChI=1S/C66H125N5O29/c1-47-53(38-50(41-72)63(82)60(47)79)98-35-32-92-27-22-87-17-9-68-56(75)4-13-95-44-66(71-59(78)7-12-85-20-25-90-30-31-91-26-21-86-16-8-67,45-96-14-5-57(76)69-10-18-88-23-28-93-33-36-99-54-39-51(42-73)64(83)61(80)48(54)2)46-97-15-6-58(77)70-11-19-89-24-29-94-34-37-100-55-40-52(43-74)65(84)62(81)49(55)3/h47-55,60-65,72-74,79-84H,4-46,67H2,1-3H3,(H,68,75)(H,69,76)(H,70,77)(H,71,78). The van der Waals surface area contributed by atoms with Crippen molar-refractivity contribution in [3.8, 4) is 0 Å². The maximum Gasteiger partial charge on any atom is 0.222 e. The molecule has 3 rings (SSSR count). The molecule has 3 aliphatic rings. The highest BCUT2D eigenvalue weighted by Gasteiger charge is 2.44. The number of aliphatic hydroxyl groups excluding tert-OH is 9. The summed E-state index contributed by atoms with van der Waals surface area (Å²) in [7, 11) is 0. The van der Waals surface area contributed by atoms with E-state index in [1.54, 1.807) is 20.8 Å². The van der Waals surface area contributed by atoms with E-state index in [0.717, 1.165) is 0 Å². The van der Waals surface area contributed by atoms with Crippen LogP contribution >= 0.6 is 0 Å². The van der Waals surface area contributed by atoms with Crippen molar-refractivity contribution < 1.29 is 141 Å². The van der Waals surface area contributed by atoms with Crippen LogP contribution in [-0.4, -0.2) is 368 Å². The molecule has 0 aliphatic heterocycles. The average Bonchev–Trinajstić information content (AvgIpc) is 0.857. The molecule has 34 heteroatoms. The Kier molecular flexibility index (Phi) is 52.0. The van der Waals surface area contributed by atoms with Gasteiger partial charge in [0.05, 0.1) is 247 Å². The van der Waals surface area contributed by atoms with Crippen LogP contribution in [0.2, 0.25) is 0 Å². The first kappa shape index (κ1) is 91.1. The Morgan fingerprint density at radius 3 is 0.850 bits per heavy atom. The Morgan fingerprint density at radius 2 is 0.570 bits per heavy atom. The minimum absolute atomic E-state index is 0.0252. The molecule has 15 unspecified atom stereocenters. The largest absolute Gasteiger partial charge is 0.396 e. The highest BCUT2D eigenvalue weighted by molar-refractivity contribution is 5.77. The number of nitrogens with one attached hydrogen (secondary N) is 4. The smallest absolute Gasteiger partial charge is 0.222 e. The first-order valence-electron chi connectivity index (χ1n) is 35.5. The van der Waals surface area contributed by atoms with Crippen molar-refractivity contribution in [2.24, 2.45) is 41.2 Å². The highest BCUT2D eigenvalue weighted by atomic mass is 16.6. The Hall–Kier alpha value is -3.16. The van der Waals surface area contributed by atoms with E-state index >= 15 is 0 Å². The molecular formula is C66H125N5O29. The van der Waals surface area contributed by atoms with Crippen LogP contribution in [0.25, 0.3) is 0 Å². The fourth-order valence-electron chi connectivity index (χ4n) is 11.3. The lowest BCUT2D eigenvalue weighted by Gasteiger charge is -2.40. The molecular weight excluding hydrogens is 1330 g/mol. The van der Waals surface area contributed by atoms with Gasteiger partial charge < -0.3 is 149 Å². The summed E-state index contributed by atoms with van der Waals surface area (Å²) in [6.07, 6.45) is -6.06. The van der Waals surface area contributed by atoms with E-state index in [1.807, 2.05) is 0 Å².